The van der Waals surface area contributed by atoms with Gasteiger partial charge in [-0.1, -0.05) is 12.1 Å². The van der Waals surface area contributed by atoms with E-state index < -0.39 is 17.6 Å². The van der Waals surface area contributed by atoms with E-state index in [4.69, 9.17) is 5.26 Å². The fourth-order valence-corrected chi connectivity index (χ4v) is 2.05. The summed E-state index contributed by atoms with van der Waals surface area (Å²) in [6.45, 7) is 0. The van der Waals surface area contributed by atoms with E-state index in [-0.39, 0.29) is 0 Å². The van der Waals surface area contributed by atoms with Crippen molar-refractivity contribution in [3.05, 3.63) is 36.0 Å². The Bertz CT molecular complexity index is 694. The summed E-state index contributed by atoms with van der Waals surface area (Å²) < 4.78 is 1.88. The third-order valence-electron chi connectivity index (χ3n) is 3.09. The Labute approximate surface area is 110 Å². The van der Waals surface area contributed by atoms with Gasteiger partial charge in [-0.2, -0.15) is 5.26 Å². The molecule has 1 aromatic carbocycles. The summed E-state index contributed by atoms with van der Waals surface area (Å²) in [4.78, 5) is 23.8. The lowest BCUT2D eigenvalue weighted by Gasteiger charge is -2.08. The second-order valence-corrected chi connectivity index (χ2v) is 4.21. The number of amides is 1. The number of aromatic nitrogens is 1. The molecule has 19 heavy (non-hydrogen) atoms. The molecule has 1 aromatic heterocycles. The van der Waals surface area contributed by atoms with Gasteiger partial charge in [0.15, 0.2) is 11.7 Å². The lowest BCUT2D eigenvalue weighted by Crippen LogP contribution is -2.32. The molecule has 2 aromatic rings. The lowest BCUT2D eigenvalue weighted by atomic mass is 9.95. The zero-order valence-corrected chi connectivity index (χ0v) is 10.7. The molecule has 5 heteroatoms. The van der Waals surface area contributed by atoms with E-state index in [1.807, 2.05) is 23.9 Å². The van der Waals surface area contributed by atoms with Gasteiger partial charge in [0.05, 0.1) is 6.07 Å². The minimum Gasteiger partial charge on any atom is -0.358 e. The maximum absolute atomic E-state index is 12.3. The van der Waals surface area contributed by atoms with Crippen molar-refractivity contribution < 1.29 is 9.59 Å². The molecule has 0 aliphatic rings. The molecule has 2 rings (SSSR count). The smallest absolute Gasteiger partial charge is 0.245 e. The molecule has 0 aliphatic carbocycles. The van der Waals surface area contributed by atoms with Crippen molar-refractivity contribution >= 4 is 22.6 Å². The number of nitrogens with one attached hydrogen (secondary N) is 1. The van der Waals surface area contributed by atoms with Gasteiger partial charge in [-0.15, -0.1) is 0 Å². The van der Waals surface area contributed by atoms with E-state index in [9.17, 15) is 9.59 Å². The molecule has 0 aliphatic heterocycles. The number of Topliss-reactive ketones (excluding diaryl/α,β-unsaturated/α-hetero) is 1. The van der Waals surface area contributed by atoms with Crippen LogP contribution in [0, 0.1) is 17.2 Å². The van der Waals surface area contributed by atoms with E-state index >= 15 is 0 Å². The number of fused-ring (bicyclic) bond motifs is 1. The molecule has 1 unspecified atom stereocenters. The predicted molar refractivity (Wildman–Crippen MR) is 70.4 cm³/mol. The van der Waals surface area contributed by atoms with Gasteiger partial charge in [0.25, 0.3) is 0 Å². The molecule has 0 saturated carbocycles. The average Bonchev–Trinajstić information content (AvgIpc) is 2.81. The Hall–Kier alpha value is -2.61. The monoisotopic (exact) mass is 255 g/mol. The summed E-state index contributed by atoms with van der Waals surface area (Å²) in [5.41, 5.74) is 1.28. The highest BCUT2D eigenvalue weighted by atomic mass is 16.2. The first kappa shape index (κ1) is 12.8. The zero-order chi connectivity index (χ0) is 14.0. The SMILES string of the molecule is CNC(=O)C(C#N)C(=O)c1cccc2c1ccn2C. The Balaban J connectivity index is 2.53. The highest BCUT2D eigenvalue weighted by Gasteiger charge is 2.27. The van der Waals surface area contributed by atoms with Crippen LogP contribution in [0.4, 0.5) is 0 Å². The molecule has 1 heterocycles. The summed E-state index contributed by atoms with van der Waals surface area (Å²) in [6.07, 6.45) is 1.84. The summed E-state index contributed by atoms with van der Waals surface area (Å²) in [5, 5.41) is 12.1. The molecular formula is C14H13N3O2. The van der Waals surface area contributed by atoms with Gasteiger partial charge >= 0.3 is 0 Å². The molecule has 0 bridgehead atoms. The number of nitriles is 1. The molecule has 0 saturated heterocycles. The van der Waals surface area contributed by atoms with Crippen LogP contribution in [0.1, 0.15) is 10.4 Å². The highest BCUT2D eigenvalue weighted by Crippen LogP contribution is 2.22. The Morgan fingerprint density at radius 3 is 2.74 bits per heavy atom. The topological polar surface area (TPSA) is 74.9 Å². The summed E-state index contributed by atoms with van der Waals surface area (Å²) in [5.74, 6) is -2.37. The van der Waals surface area contributed by atoms with Crippen molar-refractivity contribution in [2.24, 2.45) is 13.0 Å². The molecule has 5 nitrogen and oxygen atoms in total. The van der Waals surface area contributed by atoms with Gasteiger partial charge in [-0.25, -0.2) is 0 Å². The summed E-state index contributed by atoms with van der Waals surface area (Å²) in [6, 6.07) is 8.82. The molecule has 1 atom stereocenters. The number of nitrogens with zero attached hydrogens (tertiary/aromatic N) is 2. The minimum absolute atomic E-state index is 0.397. The molecule has 0 fully saturated rings. The zero-order valence-electron chi connectivity index (χ0n) is 10.7. The number of hydrogen-bond donors (Lipinski definition) is 1. The predicted octanol–water partition coefficient (Wildman–Crippen LogP) is 1.25. The third-order valence-corrected chi connectivity index (χ3v) is 3.09. The number of carbonyl (C=O) groups excluding carboxylic acids is 2. The number of hydrogen-bond acceptors (Lipinski definition) is 3. The number of rotatable bonds is 3. The first-order valence-corrected chi connectivity index (χ1v) is 5.79. The van der Waals surface area contributed by atoms with Crippen molar-refractivity contribution in [1.82, 2.24) is 9.88 Å². The molecular weight excluding hydrogens is 242 g/mol. The maximum Gasteiger partial charge on any atom is 0.245 e. The first-order valence-electron chi connectivity index (χ1n) is 5.79. The van der Waals surface area contributed by atoms with Crippen molar-refractivity contribution in [2.45, 2.75) is 0 Å². The maximum atomic E-state index is 12.3. The van der Waals surface area contributed by atoms with E-state index in [1.165, 1.54) is 7.05 Å². The second-order valence-electron chi connectivity index (χ2n) is 4.21. The fourth-order valence-electron chi connectivity index (χ4n) is 2.05. The van der Waals surface area contributed by atoms with Crippen LogP contribution in [0.3, 0.4) is 0 Å². The highest BCUT2D eigenvalue weighted by molar-refractivity contribution is 6.17. The van der Waals surface area contributed by atoms with Gasteiger partial charge in [0.2, 0.25) is 5.91 Å². The van der Waals surface area contributed by atoms with E-state index in [1.54, 1.807) is 24.3 Å². The van der Waals surface area contributed by atoms with Gasteiger partial charge in [0, 0.05) is 36.8 Å². The van der Waals surface area contributed by atoms with E-state index in [0.29, 0.717) is 5.56 Å². The van der Waals surface area contributed by atoms with Crippen molar-refractivity contribution in [3.8, 4) is 6.07 Å². The number of benzene rings is 1. The minimum atomic E-state index is -1.31. The summed E-state index contributed by atoms with van der Waals surface area (Å²) >= 11 is 0. The molecule has 1 amide bonds. The van der Waals surface area contributed by atoms with Crippen molar-refractivity contribution in [1.29, 1.82) is 5.26 Å². The quantitative estimate of drug-likeness (QED) is 0.662. The van der Waals surface area contributed by atoms with Gasteiger partial charge in [0.1, 0.15) is 0 Å². The lowest BCUT2D eigenvalue weighted by molar-refractivity contribution is -0.121. The standard InChI is InChI=1S/C14H13N3O2/c1-16-14(19)11(8-15)13(18)10-4-3-5-12-9(10)6-7-17(12)2/h3-7,11H,1-2H3,(H,16,19). The van der Waals surface area contributed by atoms with Gasteiger partial charge in [-0.05, 0) is 12.1 Å². The third kappa shape index (κ3) is 2.08. The second kappa shape index (κ2) is 4.94. The van der Waals surface area contributed by atoms with Crippen LogP contribution in [0.5, 0.6) is 0 Å². The number of aryl methyl sites for hydroxylation is 1. The number of carbonyl (C=O) groups is 2. The Kier molecular flexibility index (Phi) is 3.34. The largest absolute Gasteiger partial charge is 0.358 e. The van der Waals surface area contributed by atoms with Crippen LogP contribution in [0.2, 0.25) is 0 Å². The van der Waals surface area contributed by atoms with Crippen LogP contribution in [-0.2, 0) is 11.8 Å². The van der Waals surface area contributed by atoms with Crippen LogP contribution in [0.15, 0.2) is 30.5 Å². The number of ketones is 1. The molecule has 0 radical (unpaired) electrons. The summed E-state index contributed by atoms with van der Waals surface area (Å²) in [7, 11) is 3.28. The van der Waals surface area contributed by atoms with Crippen LogP contribution >= 0.6 is 0 Å². The van der Waals surface area contributed by atoms with Gasteiger partial charge < -0.3 is 9.88 Å². The van der Waals surface area contributed by atoms with Crippen LogP contribution < -0.4 is 5.32 Å². The molecule has 1 N–H and O–H groups in total. The first-order chi connectivity index (χ1) is 9.10. The van der Waals surface area contributed by atoms with E-state index in [0.717, 1.165) is 10.9 Å². The van der Waals surface area contributed by atoms with Crippen LogP contribution in [-0.4, -0.2) is 23.3 Å². The van der Waals surface area contributed by atoms with E-state index in [2.05, 4.69) is 5.32 Å². The molecule has 0 spiro atoms. The average molecular weight is 255 g/mol. The van der Waals surface area contributed by atoms with Crippen LogP contribution in [0.25, 0.3) is 10.9 Å². The Morgan fingerprint density at radius 1 is 1.37 bits per heavy atom. The van der Waals surface area contributed by atoms with Crippen molar-refractivity contribution in [2.75, 3.05) is 7.05 Å². The van der Waals surface area contributed by atoms with Crippen molar-refractivity contribution in [3.63, 3.8) is 0 Å². The van der Waals surface area contributed by atoms with Gasteiger partial charge in [-0.3, -0.25) is 9.59 Å². The Morgan fingerprint density at radius 2 is 2.11 bits per heavy atom. The molecule has 96 valence electrons. The fraction of sp³-hybridized carbons (Fsp3) is 0.214. The normalized spacial score (nSPS) is 11.8.